The molecule has 0 amide bonds. The zero-order chi connectivity index (χ0) is 14.3. The van der Waals surface area contributed by atoms with Gasteiger partial charge in [-0.05, 0) is 17.7 Å². The van der Waals surface area contributed by atoms with Gasteiger partial charge in [0.05, 0.1) is 22.3 Å². The van der Waals surface area contributed by atoms with E-state index in [2.05, 4.69) is 25.5 Å². The van der Waals surface area contributed by atoms with Crippen LogP contribution in [0.2, 0.25) is 10.3 Å². The van der Waals surface area contributed by atoms with Crippen LogP contribution in [0.3, 0.4) is 0 Å². The number of nitrogens with one attached hydrogen (secondary N) is 2. The number of anilines is 2. The molecule has 0 spiro atoms. The number of rotatable bonds is 2. The van der Waals surface area contributed by atoms with Crippen LogP contribution in [-0.4, -0.2) is 20.2 Å². The third kappa shape index (κ3) is 2.25. The number of nitrogens with zero attached hydrogens (tertiary/aromatic N) is 3. The Balaban J connectivity index is 2.12. The van der Waals surface area contributed by atoms with Crippen LogP contribution >= 0.6 is 23.2 Å². The first-order valence-electron chi connectivity index (χ1n) is 5.33. The molecule has 3 rings (SSSR count). The summed E-state index contributed by atoms with van der Waals surface area (Å²) in [5, 5.41) is 9.40. The second kappa shape index (κ2) is 4.84. The monoisotopic (exact) mass is 315 g/mol. The quantitative estimate of drug-likeness (QED) is 0.708. The molecule has 0 saturated heterocycles. The molecule has 0 atom stereocenters. The van der Waals surface area contributed by atoms with Crippen LogP contribution in [0.1, 0.15) is 0 Å². The number of aromatic amines is 1. The van der Waals surface area contributed by atoms with E-state index in [0.29, 0.717) is 17.1 Å². The zero-order valence-electron chi connectivity index (χ0n) is 9.59. The van der Waals surface area contributed by atoms with Crippen LogP contribution in [-0.2, 0) is 0 Å². The van der Waals surface area contributed by atoms with Crippen LogP contribution in [0.5, 0.6) is 0 Å². The first-order chi connectivity index (χ1) is 9.54. The van der Waals surface area contributed by atoms with Gasteiger partial charge in [-0.25, -0.2) is 8.78 Å². The molecule has 0 saturated carbocycles. The minimum absolute atomic E-state index is 0.0529. The van der Waals surface area contributed by atoms with E-state index < -0.39 is 11.6 Å². The first kappa shape index (κ1) is 13.0. The fraction of sp³-hybridized carbons (Fsp3) is 0. The van der Waals surface area contributed by atoms with Gasteiger partial charge in [0.1, 0.15) is 11.6 Å². The summed E-state index contributed by atoms with van der Waals surface area (Å²) in [4.78, 5) is 7.84. The predicted molar refractivity (Wildman–Crippen MR) is 71.3 cm³/mol. The lowest BCUT2D eigenvalue weighted by atomic mass is 10.3. The molecule has 0 unspecified atom stereocenters. The SMILES string of the molecule is Fc1cc(F)c(Nc2nc(Cl)nc3[nH]ncc23)c(Cl)c1. The normalized spacial score (nSPS) is 11.0. The van der Waals surface area contributed by atoms with Crippen molar-refractivity contribution in [2.24, 2.45) is 0 Å². The Labute approximate surface area is 120 Å². The molecule has 5 nitrogen and oxygen atoms in total. The average molecular weight is 316 g/mol. The standard InChI is InChI=1S/C11H5Cl2F2N5/c12-6-1-4(14)2-7(15)8(6)17-9-5-3-16-20-10(5)19-11(13)18-9/h1-3H,(H2,16,17,18,19,20). The van der Waals surface area contributed by atoms with Crippen molar-refractivity contribution in [2.75, 3.05) is 5.32 Å². The molecule has 0 aliphatic rings. The Bertz CT molecular complexity index is 782. The van der Waals surface area contributed by atoms with Gasteiger partial charge in [-0.1, -0.05) is 11.6 Å². The van der Waals surface area contributed by atoms with Gasteiger partial charge >= 0.3 is 0 Å². The molecule has 0 fully saturated rings. The highest BCUT2D eigenvalue weighted by atomic mass is 35.5. The maximum Gasteiger partial charge on any atom is 0.226 e. The van der Waals surface area contributed by atoms with Crippen LogP contribution in [0.15, 0.2) is 18.3 Å². The first-order valence-corrected chi connectivity index (χ1v) is 6.08. The highest BCUT2D eigenvalue weighted by molar-refractivity contribution is 6.33. The van der Waals surface area contributed by atoms with Crippen LogP contribution in [0, 0.1) is 11.6 Å². The summed E-state index contributed by atoms with van der Waals surface area (Å²) in [5.41, 5.74) is 0.275. The fourth-order valence-electron chi connectivity index (χ4n) is 1.68. The van der Waals surface area contributed by atoms with Gasteiger partial charge in [0, 0.05) is 6.07 Å². The van der Waals surface area contributed by atoms with Crippen molar-refractivity contribution < 1.29 is 8.78 Å². The molecule has 1 aromatic carbocycles. The van der Waals surface area contributed by atoms with E-state index in [9.17, 15) is 8.78 Å². The van der Waals surface area contributed by atoms with Crippen LogP contribution < -0.4 is 5.32 Å². The number of halogens is 4. The van der Waals surface area contributed by atoms with Crippen molar-refractivity contribution >= 4 is 45.7 Å². The Morgan fingerprint density at radius 1 is 1.15 bits per heavy atom. The number of aromatic nitrogens is 4. The van der Waals surface area contributed by atoms with Gasteiger partial charge in [-0.3, -0.25) is 5.10 Å². The van der Waals surface area contributed by atoms with Crippen molar-refractivity contribution in [2.45, 2.75) is 0 Å². The maximum atomic E-state index is 13.7. The van der Waals surface area contributed by atoms with Crippen LogP contribution in [0.4, 0.5) is 20.3 Å². The summed E-state index contributed by atoms with van der Waals surface area (Å²) in [6.07, 6.45) is 1.45. The minimum atomic E-state index is -0.846. The highest BCUT2D eigenvalue weighted by Gasteiger charge is 2.14. The summed E-state index contributed by atoms with van der Waals surface area (Å²) < 4.78 is 26.7. The summed E-state index contributed by atoms with van der Waals surface area (Å²) >= 11 is 11.6. The minimum Gasteiger partial charge on any atom is -0.336 e. The molecule has 102 valence electrons. The summed E-state index contributed by atoms with van der Waals surface area (Å²) in [5.74, 6) is -1.41. The van der Waals surface area contributed by atoms with Gasteiger partial charge in [0.25, 0.3) is 0 Å². The third-order valence-corrected chi connectivity index (χ3v) is 3.00. The lowest BCUT2D eigenvalue weighted by molar-refractivity contribution is 0.586. The van der Waals surface area contributed by atoms with Gasteiger partial charge in [0.15, 0.2) is 11.5 Å². The third-order valence-electron chi connectivity index (χ3n) is 2.53. The molecular formula is C11H5Cl2F2N5. The largest absolute Gasteiger partial charge is 0.336 e. The average Bonchev–Trinajstić information content (AvgIpc) is 2.81. The van der Waals surface area contributed by atoms with E-state index in [1.165, 1.54) is 6.20 Å². The molecule has 9 heteroatoms. The Hall–Kier alpha value is -1.99. The summed E-state index contributed by atoms with van der Waals surface area (Å²) in [6, 6.07) is 1.70. The lowest BCUT2D eigenvalue weighted by Crippen LogP contribution is -2.00. The van der Waals surface area contributed by atoms with E-state index in [1.807, 2.05) is 0 Å². The van der Waals surface area contributed by atoms with Gasteiger partial charge in [-0.15, -0.1) is 0 Å². The fourth-order valence-corrected chi connectivity index (χ4v) is 2.09. The van der Waals surface area contributed by atoms with Crippen molar-refractivity contribution in [3.05, 3.63) is 40.3 Å². The molecule has 0 radical (unpaired) electrons. The molecule has 2 heterocycles. The van der Waals surface area contributed by atoms with Crippen molar-refractivity contribution in [1.82, 2.24) is 20.2 Å². The smallest absolute Gasteiger partial charge is 0.226 e. The molecule has 0 aliphatic carbocycles. The maximum absolute atomic E-state index is 13.7. The molecule has 2 N–H and O–H groups in total. The van der Waals surface area contributed by atoms with Crippen molar-refractivity contribution in [3.8, 4) is 0 Å². The molecular weight excluding hydrogens is 311 g/mol. The molecule has 2 aromatic heterocycles. The molecule has 3 aromatic rings. The second-order valence-electron chi connectivity index (χ2n) is 3.84. The summed E-state index contributed by atoms with van der Waals surface area (Å²) in [6.45, 7) is 0. The van der Waals surface area contributed by atoms with Crippen LogP contribution in [0.25, 0.3) is 11.0 Å². The van der Waals surface area contributed by atoms with E-state index in [0.717, 1.165) is 6.07 Å². The van der Waals surface area contributed by atoms with E-state index in [4.69, 9.17) is 23.2 Å². The van der Waals surface area contributed by atoms with Gasteiger partial charge < -0.3 is 5.32 Å². The zero-order valence-corrected chi connectivity index (χ0v) is 11.1. The number of hydrogen-bond acceptors (Lipinski definition) is 4. The second-order valence-corrected chi connectivity index (χ2v) is 4.59. The van der Waals surface area contributed by atoms with Gasteiger partial charge in [-0.2, -0.15) is 15.1 Å². The number of H-pyrrole nitrogens is 1. The number of fused-ring (bicyclic) bond motifs is 1. The number of hydrogen-bond donors (Lipinski definition) is 2. The lowest BCUT2D eigenvalue weighted by Gasteiger charge is -2.09. The van der Waals surface area contributed by atoms with E-state index >= 15 is 0 Å². The predicted octanol–water partition coefficient (Wildman–Crippen LogP) is 3.68. The molecule has 20 heavy (non-hydrogen) atoms. The topological polar surface area (TPSA) is 66.5 Å². The Kier molecular flexibility index (Phi) is 3.15. The van der Waals surface area contributed by atoms with Crippen molar-refractivity contribution in [1.29, 1.82) is 0 Å². The van der Waals surface area contributed by atoms with Gasteiger partial charge in [0.2, 0.25) is 5.28 Å². The Morgan fingerprint density at radius 3 is 2.70 bits per heavy atom. The summed E-state index contributed by atoms with van der Waals surface area (Å²) in [7, 11) is 0. The highest BCUT2D eigenvalue weighted by Crippen LogP contribution is 2.31. The van der Waals surface area contributed by atoms with E-state index in [-0.39, 0.29) is 21.8 Å². The molecule has 0 bridgehead atoms. The molecule has 0 aliphatic heterocycles. The van der Waals surface area contributed by atoms with E-state index in [1.54, 1.807) is 0 Å². The van der Waals surface area contributed by atoms with Crippen molar-refractivity contribution in [3.63, 3.8) is 0 Å². The number of benzene rings is 1. The Morgan fingerprint density at radius 2 is 1.95 bits per heavy atom.